The predicted molar refractivity (Wildman–Crippen MR) is 182 cm³/mol. The minimum Gasteiger partial charge on any atom is -0.455 e. The number of hydrogen-bond donors (Lipinski definition) is 0. The van der Waals surface area contributed by atoms with Gasteiger partial charge in [-0.3, -0.25) is 0 Å². The molecule has 0 bridgehead atoms. The zero-order valence-electron chi connectivity index (χ0n) is 24.1. The Hall–Kier alpha value is -5.86. The van der Waals surface area contributed by atoms with E-state index in [0.717, 1.165) is 84.2 Å². The summed E-state index contributed by atoms with van der Waals surface area (Å²) in [5, 5.41) is 0. The molecule has 0 aliphatic carbocycles. The first-order valence-corrected chi connectivity index (χ1v) is 14.8. The van der Waals surface area contributed by atoms with Crippen molar-refractivity contribution in [1.82, 2.24) is 0 Å². The molecule has 2 heterocycles. The molecule has 6 aromatic carbocycles. The first-order chi connectivity index (χ1) is 21.7. The fraction of sp³-hybridized carbons (Fsp3) is 0. The van der Waals surface area contributed by atoms with E-state index < -0.39 is 0 Å². The van der Waals surface area contributed by atoms with Crippen LogP contribution in [0.3, 0.4) is 0 Å². The fourth-order valence-corrected chi connectivity index (χ4v) is 6.49. The van der Waals surface area contributed by atoms with E-state index in [1.165, 1.54) is 5.56 Å². The summed E-state index contributed by atoms with van der Waals surface area (Å²) in [6, 6.07) is 46.2. The van der Waals surface area contributed by atoms with Gasteiger partial charge in [-0.2, -0.15) is 0 Å². The second kappa shape index (κ2) is 10.4. The largest absolute Gasteiger partial charge is 0.455 e. The molecule has 0 unspecified atom stereocenters. The third-order valence-electron chi connectivity index (χ3n) is 8.50. The summed E-state index contributed by atoms with van der Waals surface area (Å²) in [7, 11) is 0. The molecule has 2 nitrogen and oxygen atoms in total. The molecular formula is C42H28O2. The third-order valence-corrected chi connectivity index (χ3v) is 8.50. The Bertz CT molecular complexity index is 2160. The molecule has 0 fully saturated rings. The van der Waals surface area contributed by atoms with Gasteiger partial charge < -0.3 is 9.47 Å². The van der Waals surface area contributed by atoms with Crippen molar-refractivity contribution in [3.8, 4) is 67.5 Å². The normalized spacial score (nSPS) is 12.5. The Balaban J connectivity index is 1.31. The van der Waals surface area contributed by atoms with Crippen LogP contribution in [0.2, 0.25) is 0 Å². The average molecular weight is 565 g/mol. The van der Waals surface area contributed by atoms with E-state index >= 15 is 0 Å². The monoisotopic (exact) mass is 564 g/mol. The van der Waals surface area contributed by atoms with Crippen molar-refractivity contribution < 1.29 is 9.47 Å². The van der Waals surface area contributed by atoms with Gasteiger partial charge in [-0.25, -0.2) is 0 Å². The summed E-state index contributed by atoms with van der Waals surface area (Å²) in [5.41, 5.74) is 12.6. The lowest BCUT2D eigenvalue weighted by Gasteiger charge is -2.17. The van der Waals surface area contributed by atoms with E-state index in [1.54, 1.807) is 0 Å². The lowest BCUT2D eigenvalue weighted by atomic mass is 9.90. The number of allylic oxidation sites excluding steroid dienone is 4. The molecule has 0 atom stereocenters. The quantitative estimate of drug-likeness (QED) is 0.212. The minimum atomic E-state index is 0.795. The molecule has 8 rings (SSSR count). The Labute approximate surface area is 257 Å². The van der Waals surface area contributed by atoms with Crippen molar-refractivity contribution in [3.63, 3.8) is 0 Å². The van der Waals surface area contributed by atoms with Gasteiger partial charge >= 0.3 is 0 Å². The molecule has 0 saturated heterocycles. The van der Waals surface area contributed by atoms with Crippen molar-refractivity contribution in [1.29, 1.82) is 0 Å². The Kier molecular flexibility index (Phi) is 6.13. The highest BCUT2D eigenvalue weighted by Gasteiger charge is 2.25. The van der Waals surface area contributed by atoms with E-state index in [2.05, 4.69) is 116 Å². The maximum atomic E-state index is 6.76. The second-order valence-corrected chi connectivity index (χ2v) is 10.9. The topological polar surface area (TPSA) is 18.5 Å². The number of para-hydroxylation sites is 4. The molecule has 6 aromatic rings. The van der Waals surface area contributed by atoms with Crippen LogP contribution in [-0.2, 0) is 0 Å². The number of fused-ring (bicyclic) bond motifs is 7. The highest BCUT2D eigenvalue weighted by molar-refractivity contribution is 6.04. The SMILES string of the molecule is C=CC1=C(C=C)c2cccc(-c3cccc(-c4cccc5c4Oc4ccccc4-c4ccccc4-5)c3)c2Oc2ccccc21. The van der Waals surface area contributed by atoms with E-state index in [-0.39, 0.29) is 0 Å². The highest BCUT2D eigenvalue weighted by atomic mass is 16.5. The number of hydrogen-bond acceptors (Lipinski definition) is 2. The number of benzene rings is 6. The van der Waals surface area contributed by atoms with Crippen LogP contribution >= 0.6 is 0 Å². The average Bonchev–Trinajstić information content (AvgIpc) is 3.32. The van der Waals surface area contributed by atoms with Gasteiger partial charge in [0.15, 0.2) is 0 Å². The zero-order chi connectivity index (χ0) is 29.6. The molecule has 0 N–H and O–H groups in total. The van der Waals surface area contributed by atoms with Crippen LogP contribution in [0, 0.1) is 0 Å². The first-order valence-electron chi connectivity index (χ1n) is 14.8. The van der Waals surface area contributed by atoms with E-state index in [9.17, 15) is 0 Å². The van der Waals surface area contributed by atoms with Crippen molar-refractivity contribution in [3.05, 3.63) is 170 Å². The zero-order valence-corrected chi connectivity index (χ0v) is 24.1. The summed E-state index contributed by atoms with van der Waals surface area (Å²) in [5.74, 6) is 3.30. The Morgan fingerprint density at radius 2 is 0.773 bits per heavy atom. The number of rotatable bonds is 4. The molecule has 44 heavy (non-hydrogen) atoms. The molecule has 0 aromatic heterocycles. The van der Waals surface area contributed by atoms with E-state index in [1.807, 2.05) is 42.5 Å². The second-order valence-electron chi connectivity index (χ2n) is 10.9. The van der Waals surface area contributed by atoms with Crippen LogP contribution in [-0.4, -0.2) is 0 Å². The van der Waals surface area contributed by atoms with Crippen molar-refractivity contribution in [2.45, 2.75) is 0 Å². The maximum Gasteiger partial charge on any atom is 0.143 e. The molecule has 2 heteroatoms. The van der Waals surface area contributed by atoms with Crippen LogP contribution in [0.25, 0.3) is 55.7 Å². The van der Waals surface area contributed by atoms with Crippen LogP contribution in [0.5, 0.6) is 23.0 Å². The fourth-order valence-electron chi connectivity index (χ4n) is 6.49. The van der Waals surface area contributed by atoms with Gasteiger partial charge in [0, 0.05) is 33.4 Å². The van der Waals surface area contributed by atoms with Crippen LogP contribution in [0.1, 0.15) is 11.1 Å². The molecule has 0 radical (unpaired) electrons. The predicted octanol–water partition coefficient (Wildman–Crippen LogP) is 11.8. The van der Waals surface area contributed by atoms with Gasteiger partial charge in [-0.1, -0.05) is 141 Å². The first kappa shape index (κ1) is 25.8. The van der Waals surface area contributed by atoms with Gasteiger partial charge in [0.05, 0.1) is 0 Å². The standard InChI is InChI=1S/C42H28O2/c1-3-29-30(4-2)37-22-12-20-31(41(37)43-39-24-9-7-18-35(29)39)27-14-11-15-28(26-27)32-21-13-23-38-34-17-6-5-16-33(34)36-19-8-10-25-40(36)44-42(32)38/h3-26H,1-2H2. The molecule has 2 aliphatic heterocycles. The van der Waals surface area contributed by atoms with Crippen molar-refractivity contribution in [2.24, 2.45) is 0 Å². The minimum absolute atomic E-state index is 0.795. The van der Waals surface area contributed by atoms with E-state index in [4.69, 9.17) is 9.47 Å². The van der Waals surface area contributed by atoms with Crippen LogP contribution in [0.15, 0.2) is 159 Å². The van der Waals surface area contributed by atoms with Gasteiger partial charge in [0.2, 0.25) is 0 Å². The lowest BCUT2D eigenvalue weighted by molar-refractivity contribution is 0.483. The van der Waals surface area contributed by atoms with Crippen molar-refractivity contribution in [2.75, 3.05) is 0 Å². The Morgan fingerprint density at radius 1 is 0.364 bits per heavy atom. The summed E-state index contributed by atoms with van der Waals surface area (Å²) >= 11 is 0. The van der Waals surface area contributed by atoms with Crippen LogP contribution < -0.4 is 9.47 Å². The van der Waals surface area contributed by atoms with Gasteiger partial charge in [-0.15, -0.1) is 0 Å². The van der Waals surface area contributed by atoms with Crippen LogP contribution in [0.4, 0.5) is 0 Å². The summed E-state index contributed by atoms with van der Waals surface area (Å²) in [6.07, 6.45) is 3.78. The summed E-state index contributed by atoms with van der Waals surface area (Å²) < 4.78 is 13.5. The molecule has 2 aliphatic rings. The van der Waals surface area contributed by atoms with E-state index in [0.29, 0.717) is 0 Å². The molecule has 0 saturated carbocycles. The number of ether oxygens (including phenoxy) is 2. The summed E-state index contributed by atoms with van der Waals surface area (Å²) in [6.45, 7) is 8.28. The van der Waals surface area contributed by atoms with Gasteiger partial charge in [-0.05, 0) is 51.6 Å². The smallest absolute Gasteiger partial charge is 0.143 e. The maximum absolute atomic E-state index is 6.76. The van der Waals surface area contributed by atoms with Crippen molar-refractivity contribution >= 4 is 11.1 Å². The molecule has 208 valence electrons. The third kappa shape index (κ3) is 4.04. The Morgan fingerprint density at radius 3 is 1.41 bits per heavy atom. The molecule has 0 amide bonds. The van der Waals surface area contributed by atoms with Gasteiger partial charge in [0.1, 0.15) is 23.0 Å². The summed E-state index contributed by atoms with van der Waals surface area (Å²) in [4.78, 5) is 0. The lowest BCUT2D eigenvalue weighted by Crippen LogP contribution is -1.94. The molecule has 0 spiro atoms. The molecular weight excluding hydrogens is 536 g/mol. The highest BCUT2D eigenvalue weighted by Crippen LogP contribution is 2.51. The van der Waals surface area contributed by atoms with Gasteiger partial charge in [0.25, 0.3) is 0 Å².